The van der Waals surface area contributed by atoms with Gasteiger partial charge < -0.3 is 15.2 Å². The lowest BCUT2D eigenvalue weighted by Crippen LogP contribution is -2.34. The molecule has 2 N–H and O–H groups in total. The Bertz CT molecular complexity index is 1060. The van der Waals surface area contributed by atoms with E-state index in [0.717, 1.165) is 46.0 Å². The zero-order valence-electron chi connectivity index (χ0n) is 19.1. The van der Waals surface area contributed by atoms with Crippen LogP contribution in [0.25, 0.3) is 11.0 Å². The largest absolute Gasteiger partial charge is 0.346 e. The third kappa shape index (κ3) is 6.36. The van der Waals surface area contributed by atoms with E-state index in [2.05, 4.69) is 28.2 Å². The number of imidazole rings is 1. The molecule has 0 saturated heterocycles. The fourth-order valence-electron chi connectivity index (χ4n) is 3.63. The van der Waals surface area contributed by atoms with E-state index in [4.69, 9.17) is 4.98 Å². The van der Waals surface area contributed by atoms with Gasteiger partial charge in [0.15, 0.2) is 5.16 Å². The average Bonchev–Trinajstić information content (AvgIpc) is 3.14. The van der Waals surface area contributed by atoms with E-state index < -0.39 is 0 Å². The molecule has 0 saturated carbocycles. The number of aromatic nitrogens is 2. The molecule has 0 atom stereocenters. The van der Waals surface area contributed by atoms with Crippen LogP contribution in [-0.2, 0) is 16.1 Å². The van der Waals surface area contributed by atoms with Gasteiger partial charge in [-0.3, -0.25) is 9.59 Å². The Morgan fingerprint density at radius 1 is 0.969 bits per heavy atom. The molecule has 6 nitrogen and oxygen atoms in total. The summed E-state index contributed by atoms with van der Waals surface area (Å²) in [6.45, 7) is 6.94. The number of rotatable bonds is 11. The molecule has 0 fully saturated rings. The minimum absolute atomic E-state index is 0.0550. The lowest BCUT2D eigenvalue weighted by Gasteiger charge is -2.12. The van der Waals surface area contributed by atoms with Crippen LogP contribution in [0.5, 0.6) is 0 Å². The fourth-order valence-corrected chi connectivity index (χ4v) is 4.50. The molecule has 7 heteroatoms. The van der Waals surface area contributed by atoms with Crippen LogP contribution < -0.4 is 10.6 Å². The van der Waals surface area contributed by atoms with Crippen molar-refractivity contribution in [2.75, 3.05) is 17.6 Å². The predicted molar refractivity (Wildman–Crippen MR) is 132 cm³/mol. The fraction of sp³-hybridized carbons (Fsp3) is 0.400. The second-order valence-corrected chi connectivity index (χ2v) is 8.92. The van der Waals surface area contributed by atoms with Crippen LogP contribution >= 0.6 is 11.8 Å². The molecule has 0 bridgehead atoms. The van der Waals surface area contributed by atoms with Crippen LogP contribution in [0.3, 0.4) is 0 Å². The SMILES string of the molecule is CCCCCCn1c(SCC(=O)NCC(=O)Nc2c(C)cccc2C)nc2ccccc21. The number of para-hydroxylation sites is 3. The van der Waals surface area contributed by atoms with Crippen molar-refractivity contribution >= 4 is 40.3 Å². The lowest BCUT2D eigenvalue weighted by atomic mass is 10.1. The van der Waals surface area contributed by atoms with Gasteiger partial charge in [0.1, 0.15) is 0 Å². The van der Waals surface area contributed by atoms with Crippen molar-refractivity contribution in [3.8, 4) is 0 Å². The summed E-state index contributed by atoms with van der Waals surface area (Å²) >= 11 is 1.41. The first kappa shape index (κ1) is 23.9. The Morgan fingerprint density at radius 2 is 1.72 bits per heavy atom. The molecule has 3 rings (SSSR count). The van der Waals surface area contributed by atoms with Crippen molar-refractivity contribution in [2.45, 2.75) is 58.2 Å². The summed E-state index contributed by atoms with van der Waals surface area (Å²) in [4.78, 5) is 29.4. The van der Waals surface area contributed by atoms with E-state index in [1.807, 2.05) is 50.2 Å². The average molecular weight is 453 g/mol. The summed E-state index contributed by atoms with van der Waals surface area (Å²) < 4.78 is 2.20. The summed E-state index contributed by atoms with van der Waals surface area (Å²) in [6.07, 6.45) is 4.70. The Hall–Kier alpha value is -2.80. The van der Waals surface area contributed by atoms with Gasteiger partial charge in [-0.1, -0.05) is 68.3 Å². The number of carbonyl (C=O) groups is 2. The summed E-state index contributed by atoms with van der Waals surface area (Å²) in [5.41, 5.74) is 4.84. The minimum atomic E-state index is -0.232. The zero-order chi connectivity index (χ0) is 22.9. The lowest BCUT2D eigenvalue weighted by molar-refractivity contribution is -0.122. The third-order valence-electron chi connectivity index (χ3n) is 5.38. The minimum Gasteiger partial charge on any atom is -0.346 e. The number of aryl methyl sites for hydroxylation is 3. The number of anilines is 1. The smallest absolute Gasteiger partial charge is 0.243 e. The van der Waals surface area contributed by atoms with Crippen molar-refractivity contribution in [1.29, 1.82) is 0 Å². The first-order valence-electron chi connectivity index (χ1n) is 11.2. The molecule has 2 aromatic carbocycles. The number of nitrogens with one attached hydrogen (secondary N) is 2. The van der Waals surface area contributed by atoms with Gasteiger partial charge in [0, 0.05) is 12.2 Å². The Kier molecular flexibility index (Phi) is 8.73. The van der Waals surface area contributed by atoms with Gasteiger partial charge >= 0.3 is 0 Å². The Labute approximate surface area is 194 Å². The first-order valence-corrected chi connectivity index (χ1v) is 12.2. The highest BCUT2D eigenvalue weighted by Crippen LogP contribution is 2.25. The normalized spacial score (nSPS) is 11.0. The van der Waals surface area contributed by atoms with E-state index in [1.165, 1.54) is 31.0 Å². The van der Waals surface area contributed by atoms with Gasteiger partial charge in [-0.05, 0) is 43.5 Å². The van der Waals surface area contributed by atoms with E-state index >= 15 is 0 Å². The Balaban J connectivity index is 1.54. The summed E-state index contributed by atoms with van der Waals surface area (Å²) in [5, 5.41) is 6.45. The zero-order valence-corrected chi connectivity index (χ0v) is 19.9. The molecule has 0 spiro atoms. The van der Waals surface area contributed by atoms with E-state index in [-0.39, 0.29) is 24.1 Å². The highest BCUT2D eigenvalue weighted by atomic mass is 32.2. The summed E-state index contributed by atoms with van der Waals surface area (Å²) in [6, 6.07) is 13.9. The van der Waals surface area contributed by atoms with Crippen molar-refractivity contribution < 1.29 is 9.59 Å². The molecule has 1 aromatic heterocycles. The maximum absolute atomic E-state index is 12.4. The maximum Gasteiger partial charge on any atom is 0.243 e. The molecule has 1 heterocycles. The topological polar surface area (TPSA) is 76.0 Å². The summed E-state index contributed by atoms with van der Waals surface area (Å²) in [5.74, 6) is -0.199. The highest BCUT2D eigenvalue weighted by molar-refractivity contribution is 7.99. The molecule has 3 aromatic rings. The van der Waals surface area contributed by atoms with Crippen LogP contribution in [0.4, 0.5) is 5.69 Å². The molecular formula is C25H32N4O2S. The number of hydrogen-bond donors (Lipinski definition) is 2. The second-order valence-electron chi connectivity index (χ2n) is 7.98. The number of nitrogens with zero attached hydrogens (tertiary/aromatic N) is 2. The van der Waals surface area contributed by atoms with Crippen molar-refractivity contribution in [2.24, 2.45) is 0 Å². The van der Waals surface area contributed by atoms with Gasteiger partial charge in [0.05, 0.1) is 23.3 Å². The summed E-state index contributed by atoms with van der Waals surface area (Å²) in [7, 11) is 0. The highest BCUT2D eigenvalue weighted by Gasteiger charge is 2.14. The van der Waals surface area contributed by atoms with Crippen LogP contribution in [0.2, 0.25) is 0 Å². The molecule has 0 unspecified atom stereocenters. The number of thioether (sulfide) groups is 1. The predicted octanol–water partition coefficient (Wildman–Crippen LogP) is 5.08. The quantitative estimate of drug-likeness (QED) is 0.314. The molecule has 0 radical (unpaired) electrons. The van der Waals surface area contributed by atoms with E-state index in [1.54, 1.807) is 0 Å². The van der Waals surface area contributed by atoms with Crippen LogP contribution in [-0.4, -0.2) is 33.7 Å². The van der Waals surface area contributed by atoms with Gasteiger partial charge in [-0.15, -0.1) is 0 Å². The molecular weight excluding hydrogens is 420 g/mol. The molecule has 2 amide bonds. The number of amides is 2. The molecule has 32 heavy (non-hydrogen) atoms. The van der Waals surface area contributed by atoms with Gasteiger partial charge in [0.2, 0.25) is 11.8 Å². The second kappa shape index (κ2) is 11.7. The van der Waals surface area contributed by atoms with E-state index in [0.29, 0.717) is 0 Å². The number of unbranched alkanes of at least 4 members (excludes halogenated alkanes) is 3. The number of benzene rings is 2. The maximum atomic E-state index is 12.4. The van der Waals surface area contributed by atoms with Crippen LogP contribution in [0.1, 0.15) is 43.7 Å². The van der Waals surface area contributed by atoms with Crippen LogP contribution in [0.15, 0.2) is 47.6 Å². The van der Waals surface area contributed by atoms with Crippen molar-refractivity contribution in [3.63, 3.8) is 0 Å². The molecule has 0 aliphatic rings. The monoisotopic (exact) mass is 452 g/mol. The standard InChI is InChI=1S/C25H32N4O2S/c1-4-5-6-9-15-29-21-14-8-7-13-20(21)27-25(29)32-17-23(31)26-16-22(30)28-24-18(2)11-10-12-19(24)3/h7-8,10-14H,4-6,9,15-17H2,1-3H3,(H,26,31)(H,28,30). The third-order valence-corrected chi connectivity index (χ3v) is 6.36. The number of hydrogen-bond acceptors (Lipinski definition) is 4. The van der Waals surface area contributed by atoms with Crippen LogP contribution in [0, 0.1) is 13.8 Å². The van der Waals surface area contributed by atoms with E-state index in [9.17, 15) is 9.59 Å². The number of carbonyl (C=O) groups excluding carboxylic acids is 2. The van der Waals surface area contributed by atoms with Crippen molar-refractivity contribution in [3.05, 3.63) is 53.6 Å². The molecule has 0 aliphatic heterocycles. The number of fused-ring (bicyclic) bond motifs is 1. The first-order chi connectivity index (χ1) is 15.5. The molecule has 170 valence electrons. The van der Waals surface area contributed by atoms with Gasteiger partial charge in [-0.25, -0.2) is 4.98 Å². The van der Waals surface area contributed by atoms with Crippen molar-refractivity contribution in [1.82, 2.24) is 14.9 Å². The van der Waals surface area contributed by atoms with Gasteiger partial charge in [-0.2, -0.15) is 0 Å². The Morgan fingerprint density at radius 3 is 2.47 bits per heavy atom. The molecule has 0 aliphatic carbocycles. The van der Waals surface area contributed by atoms with Gasteiger partial charge in [0.25, 0.3) is 0 Å².